The Morgan fingerprint density at radius 2 is 1.59 bits per heavy atom. The molecule has 0 bridgehead atoms. The Bertz CT molecular complexity index is 182. The number of halogens is 1. The van der Waals surface area contributed by atoms with E-state index < -0.39 is 0 Å². The Balaban J connectivity index is 0. The highest BCUT2D eigenvalue weighted by Gasteiger charge is 1.94. The van der Waals surface area contributed by atoms with Gasteiger partial charge in [-0.1, -0.05) is 45.4 Å². The SMILES string of the molecule is CCCCCCCCCN=C(N)NC(C)C.I. The molecule has 0 rings (SSSR count). The van der Waals surface area contributed by atoms with Gasteiger partial charge >= 0.3 is 0 Å². The van der Waals surface area contributed by atoms with Gasteiger partial charge < -0.3 is 11.1 Å². The summed E-state index contributed by atoms with van der Waals surface area (Å²) < 4.78 is 0. The van der Waals surface area contributed by atoms with Gasteiger partial charge in [0.2, 0.25) is 0 Å². The Kier molecular flexibility index (Phi) is 16.0. The third-order valence-corrected chi connectivity index (χ3v) is 2.48. The molecule has 0 spiro atoms. The van der Waals surface area contributed by atoms with Gasteiger partial charge in [0.25, 0.3) is 0 Å². The minimum absolute atomic E-state index is 0. The molecule has 0 radical (unpaired) electrons. The molecule has 0 amide bonds. The number of hydrogen-bond donors (Lipinski definition) is 2. The minimum Gasteiger partial charge on any atom is -0.370 e. The lowest BCUT2D eigenvalue weighted by atomic mass is 10.1. The molecule has 0 saturated carbocycles. The molecule has 4 heteroatoms. The van der Waals surface area contributed by atoms with Gasteiger partial charge in [-0.3, -0.25) is 4.99 Å². The van der Waals surface area contributed by atoms with E-state index in [2.05, 4.69) is 31.1 Å². The molecule has 0 aliphatic heterocycles. The zero-order valence-electron chi connectivity index (χ0n) is 11.7. The average Bonchev–Trinajstić information content (AvgIpc) is 2.21. The third kappa shape index (κ3) is 16.0. The molecule has 0 aromatic carbocycles. The van der Waals surface area contributed by atoms with Crippen molar-refractivity contribution in [1.29, 1.82) is 0 Å². The Hall–Kier alpha value is 0. The molecule has 0 fully saturated rings. The molecule has 0 atom stereocenters. The lowest BCUT2D eigenvalue weighted by Crippen LogP contribution is -2.36. The van der Waals surface area contributed by atoms with Crippen LogP contribution in [0.2, 0.25) is 0 Å². The van der Waals surface area contributed by atoms with Crippen molar-refractivity contribution < 1.29 is 0 Å². The fourth-order valence-corrected chi connectivity index (χ4v) is 1.61. The summed E-state index contributed by atoms with van der Waals surface area (Å²) in [6.07, 6.45) is 9.24. The van der Waals surface area contributed by atoms with Crippen LogP contribution in [0.1, 0.15) is 65.7 Å². The van der Waals surface area contributed by atoms with Gasteiger partial charge in [-0.15, -0.1) is 24.0 Å². The van der Waals surface area contributed by atoms with Gasteiger partial charge in [0.15, 0.2) is 5.96 Å². The average molecular weight is 355 g/mol. The van der Waals surface area contributed by atoms with Gasteiger partial charge in [-0.2, -0.15) is 0 Å². The molecular weight excluding hydrogens is 325 g/mol. The summed E-state index contributed by atoms with van der Waals surface area (Å²) in [5.74, 6) is 0.584. The summed E-state index contributed by atoms with van der Waals surface area (Å²) in [5, 5.41) is 3.09. The summed E-state index contributed by atoms with van der Waals surface area (Å²) in [6, 6.07) is 0.373. The number of aliphatic imine (C=N–C) groups is 1. The molecule has 0 unspecified atom stereocenters. The van der Waals surface area contributed by atoms with Crippen molar-refractivity contribution in [3.63, 3.8) is 0 Å². The standard InChI is InChI=1S/C13H29N3.HI/c1-4-5-6-7-8-9-10-11-15-13(14)16-12(2)3;/h12H,4-11H2,1-3H3,(H3,14,15,16);1H. The van der Waals surface area contributed by atoms with Crippen LogP contribution >= 0.6 is 24.0 Å². The van der Waals surface area contributed by atoms with Gasteiger partial charge in [-0.05, 0) is 20.3 Å². The molecule has 104 valence electrons. The molecular formula is C13H30IN3. The van der Waals surface area contributed by atoms with Crippen molar-refractivity contribution in [2.45, 2.75) is 71.8 Å². The highest BCUT2D eigenvalue weighted by Crippen LogP contribution is 2.06. The van der Waals surface area contributed by atoms with Crippen LogP contribution in [0.5, 0.6) is 0 Å². The van der Waals surface area contributed by atoms with E-state index in [4.69, 9.17) is 5.73 Å². The first-order valence-corrected chi connectivity index (χ1v) is 6.73. The van der Waals surface area contributed by atoms with E-state index in [1.165, 1.54) is 38.5 Å². The molecule has 0 saturated heterocycles. The number of guanidine groups is 1. The smallest absolute Gasteiger partial charge is 0.188 e. The maximum atomic E-state index is 5.69. The normalized spacial score (nSPS) is 11.4. The van der Waals surface area contributed by atoms with Crippen LogP contribution in [0.4, 0.5) is 0 Å². The molecule has 0 aromatic rings. The highest BCUT2D eigenvalue weighted by molar-refractivity contribution is 14.0. The molecule has 0 heterocycles. The second kappa shape index (κ2) is 14.1. The van der Waals surface area contributed by atoms with Crippen LogP contribution in [0.25, 0.3) is 0 Å². The maximum absolute atomic E-state index is 5.69. The van der Waals surface area contributed by atoms with Crippen molar-refractivity contribution in [2.75, 3.05) is 6.54 Å². The van der Waals surface area contributed by atoms with E-state index in [1.54, 1.807) is 0 Å². The largest absolute Gasteiger partial charge is 0.370 e. The fraction of sp³-hybridized carbons (Fsp3) is 0.923. The van der Waals surface area contributed by atoms with Crippen molar-refractivity contribution in [3.8, 4) is 0 Å². The van der Waals surface area contributed by atoms with Crippen molar-refractivity contribution in [1.82, 2.24) is 5.32 Å². The second-order valence-electron chi connectivity index (χ2n) is 4.69. The zero-order valence-corrected chi connectivity index (χ0v) is 14.0. The van der Waals surface area contributed by atoms with Crippen LogP contribution in [-0.2, 0) is 0 Å². The quantitative estimate of drug-likeness (QED) is 0.287. The Labute approximate surface area is 124 Å². The highest BCUT2D eigenvalue weighted by atomic mass is 127. The maximum Gasteiger partial charge on any atom is 0.188 e. The number of unbranched alkanes of at least 4 members (excludes halogenated alkanes) is 6. The van der Waals surface area contributed by atoms with Crippen molar-refractivity contribution in [3.05, 3.63) is 0 Å². The Morgan fingerprint density at radius 3 is 2.12 bits per heavy atom. The lowest BCUT2D eigenvalue weighted by Gasteiger charge is -2.08. The van der Waals surface area contributed by atoms with Gasteiger partial charge in [0.05, 0.1) is 0 Å². The van der Waals surface area contributed by atoms with E-state index in [1.807, 2.05) is 0 Å². The van der Waals surface area contributed by atoms with E-state index in [0.29, 0.717) is 12.0 Å². The van der Waals surface area contributed by atoms with E-state index in [0.717, 1.165) is 13.0 Å². The van der Waals surface area contributed by atoms with Crippen LogP contribution in [0.15, 0.2) is 4.99 Å². The molecule has 0 aliphatic rings. The van der Waals surface area contributed by atoms with Crippen LogP contribution in [-0.4, -0.2) is 18.5 Å². The monoisotopic (exact) mass is 355 g/mol. The summed E-state index contributed by atoms with van der Waals surface area (Å²) >= 11 is 0. The first kappa shape index (κ1) is 19.3. The van der Waals surface area contributed by atoms with Gasteiger partial charge in [0, 0.05) is 12.6 Å². The predicted molar refractivity (Wildman–Crippen MR) is 88.2 cm³/mol. The number of nitrogens with two attached hydrogens (primary N) is 1. The fourth-order valence-electron chi connectivity index (χ4n) is 1.61. The second-order valence-corrected chi connectivity index (χ2v) is 4.69. The van der Waals surface area contributed by atoms with Crippen molar-refractivity contribution >= 4 is 29.9 Å². The zero-order chi connectivity index (χ0) is 12.2. The van der Waals surface area contributed by atoms with E-state index in [9.17, 15) is 0 Å². The number of nitrogens with zero attached hydrogens (tertiary/aromatic N) is 1. The number of nitrogens with one attached hydrogen (secondary N) is 1. The molecule has 17 heavy (non-hydrogen) atoms. The van der Waals surface area contributed by atoms with Gasteiger partial charge in [-0.25, -0.2) is 0 Å². The Morgan fingerprint density at radius 1 is 1.06 bits per heavy atom. The first-order valence-electron chi connectivity index (χ1n) is 6.73. The van der Waals surface area contributed by atoms with Crippen molar-refractivity contribution in [2.24, 2.45) is 10.7 Å². The van der Waals surface area contributed by atoms with Crippen LogP contribution < -0.4 is 11.1 Å². The summed E-state index contributed by atoms with van der Waals surface area (Å²) in [5.41, 5.74) is 5.69. The van der Waals surface area contributed by atoms with E-state index in [-0.39, 0.29) is 24.0 Å². The molecule has 3 N–H and O–H groups in total. The number of rotatable bonds is 9. The lowest BCUT2D eigenvalue weighted by molar-refractivity contribution is 0.592. The molecule has 3 nitrogen and oxygen atoms in total. The molecule has 0 aromatic heterocycles. The van der Waals surface area contributed by atoms with Gasteiger partial charge in [0.1, 0.15) is 0 Å². The first-order chi connectivity index (χ1) is 7.66. The minimum atomic E-state index is 0. The summed E-state index contributed by atoms with van der Waals surface area (Å²) in [4.78, 5) is 4.28. The van der Waals surface area contributed by atoms with E-state index >= 15 is 0 Å². The topological polar surface area (TPSA) is 50.4 Å². The van der Waals surface area contributed by atoms with Crippen LogP contribution in [0.3, 0.4) is 0 Å². The number of hydrogen-bond acceptors (Lipinski definition) is 1. The molecule has 0 aliphatic carbocycles. The summed E-state index contributed by atoms with van der Waals surface area (Å²) in [6.45, 7) is 7.24. The third-order valence-electron chi connectivity index (χ3n) is 2.48. The summed E-state index contributed by atoms with van der Waals surface area (Å²) in [7, 11) is 0. The predicted octanol–water partition coefficient (Wildman–Crippen LogP) is 3.67. The van der Waals surface area contributed by atoms with Crippen LogP contribution in [0, 0.1) is 0 Å².